The summed E-state index contributed by atoms with van der Waals surface area (Å²) in [5.74, 6) is 0. The van der Waals surface area contributed by atoms with E-state index in [-0.39, 0.29) is 0 Å². The van der Waals surface area contributed by atoms with E-state index >= 15 is 0 Å². The number of hydrogen-bond donors (Lipinski definition) is 1. The summed E-state index contributed by atoms with van der Waals surface area (Å²) in [7, 11) is 0. The minimum atomic E-state index is 1.25. The van der Waals surface area contributed by atoms with E-state index in [9.17, 15) is 0 Å². The second-order valence-corrected chi connectivity index (χ2v) is 1.22. The Labute approximate surface area is 44.7 Å². The minimum Gasteiger partial charge on any atom is -0.314 e. The maximum atomic E-state index is 3.36. The predicted octanol–water partition coefficient (Wildman–Crippen LogP) is 0.948. The molecule has 0 aliphatic carbocycles. The van der Waals surface area contributed by atoms with Crippen molar-refractivity contribution in [2.24, 2.45) is 0 Å². The first-order valence-electron chi connectivity index (χ1n) is 2.36. The average Bonchev–Trinajstić information content (AvgIpc) is 2.47. The second kappa shape index (κ2) is 5.44. The maximum Gasteiger partial charge on any atom is 0.00772 e. The van der Waals surface area contributed by atoms with E-state index in [4.69, 9.17) is 0 Å². The number of rotatable bonds is 1. The van der Waals surface area contributed by atoms with Crippen LogP contribution in [-0.2, 0) is 0 Å². The van der Waals surface area contributed by atoms with Gasteiger partial charge in [0.1, 0.15) is 0 Å². The number of allylic oxidation sites excluding steroid dienone is 2. The molecule has 0 aromatic heterocycles. The van der Waals surface area contributed by atoms with E-state index in [2.05, 4.69) is 18.5 Å². The molecule has 0 radical (unpaired) electrons. The Morgan fingerprint density at radius 2 is 1.43 bits per heavy atom. The van der Waals surface area contributed by atoms with Crippen LogP contribution in [0.25, 0.3) is 0 Å². The molecule has 0 aromatic rings. The van der Waals surface area contributed by atoms with Gasteiger partial charge in [-0.05, 0) is 0 Å². The zero-order chi connectivity index (χ0) is 5.54. The van der Waals surface area contributed by atoms with Crippen molar-refractivity contribution in [3.8, 4) is 0 Å². The monoisotopic (exact) mass is 97.1 g/mol. The summed E-state index contributed by atoms with van der Waals surface area (Å²) >= 11 is 0. The molecule has 1 rings (SSSR count). The highest BCUT2D eigenvalue weighted by Crippen LogP contribution is 1.65. The van der Waals surface area contributed by atoms with Crippen LogP contribution in [-0.4, -0.2) is 13.1 Å². The molecule has 0 spiro atoms. The molecule has 0 bridgehead atoms. The van der Waals surface area contributed by atoms with Gasteiger partial charge in [0.15, 0.2) is 0 Å². The molecule has 1 nitrogen and oxygen atoms in total. The fourth-order valence-electron chi connectivity index (χ4n) is 0. The number of nitrogens with one attached hydrogen (secondary N) is 1. The van der Waals surface area contributed by atoms with Crippen molar-refractivity contribution < 1.29 is 0 Å². The van der Waals surface area contributed by atoms with Gasteiger partial charge < -0.3 is 5.32 Å². The van der Waals surface area contributed by atoms with Crippen molar-refractivity contribution in [2.75, 3.05) is 13.1 Å². The van der Waals surface area contributed by atoms with Crippen LogP contribution in [0.4, 0.5) is 0 Å². The van der Waals surface area contributed by atoms with Gasteiger partial charge in [-0.3, -0.25) is 0 Å². The Balaban J connectivity index is 0.000000105. The smallest absolute Gasteiger partial charge is 0.00772 e. The zero-order valence-electron chi connectivity index (χ0n) is 4.48. The third kappa shape index (κ3) is 31.0. The third-order valence-corrected chi connectivity index (χ3v) is 0.417. The fourth-order valence-corrected chi connectivity index (χ4v) is 0. The molecule has 1 heteroatoms. The van der Waals surface area contributed by atoms with Crippen LogP contribution >= 0.6 is 0 Å². The van der Waals surface area contributed by atoms with Crippen molar-refractivity contribution in [2.45, 2.75) is 0 Å². The van der Waals surface area contributed by atoms with Gasteiger partial charge in [0.2, 0.25) is 0 Å². The van der Waals surface area contributed by atoms with Crippen molar-refractivity contribution in [3.63, 3.8) is 0 Å². The standard InChI is InChI=1S/C4H6.C2H5N/c1-3-4-2;1-2-3-1/h3-4H,1-2H2;3H,1-2H2. The summed E-state index contributed by atoms with van der Waals surface area (Å²) in [6.45, 7) is 9.22. The third-order valence-electron chi connectivity index (χ3n) is 0.417. The Kier molecular flexibility index (Phi) is 5.00. The Morgan fingerprint density at radius 1 is 1.14 bits per heavy atom. The Hall–Kier alpha value is -0.560. The summed E-state index contributed by atoms with van der Waals surface area (Å²) in [4.78, 5) is 0. The molecule has 0 aromatic carbocycles. The molecular weight excluding hydrogens is 86.1 g/mol. The SMILES string of the molecule is C1CN1.C=CC=C. The van der Waals surface area contributed by atoms with Gasteiger partial charge in [0.25, 0.3) is 0 Å². The van der Waals surface area contributed by atoms with E-state index in [1.807, 2.05) is 0 Å². The van der Waals surface area contributed by atoms with Crippen LogP contribution in [0.5, 0.6) is 0 Å². The van der Waals surface area contributed by atoms with E-state index < -0.39 is 0 Å². The molecular formula is C6H11N. The van der Waals surface area contributed by atoms with E-state index in [1.165, 1.54) is 13.1 Å². The summed E-state index contributed by atoms with van der Waals surface area (Å²) in [6.07, 6.45) is 3.28. The van der Waals surface area contributed by atoms with Gasteiger partial charge in [-0.2, -0.15) is 0 Å². The molecule has 0 unspecified atom stereocenters. The van der Waals surface area contributed by atoms with E-state index in [0.29, 0.717) is 0 Å². The van der Waals surface area contributed by atoms with Gasteiger partial charge in [-0.15, -0.1) is 0 Å². The molecule has 40 valence electrons. The highest BCUT2D eigenvalue weighted by atomic mass is 15.0. The lowest BCUT2D eigenvalue weighted by Crippen LogP contribution is -1.56. The van der Waals surface area contributed by atoms with Crippen LogP contribution in [0.3, 0.4) is 0 Å². The topological polar surface area (TPSA) is 21.9 Å². The molecule has 0 atom stereocenters. The van der Waals surface area contributed by atoms with Crippen molar-refractivity contribution >= 4 is 0 Å². The van der Waals surface area contributed by atoms with Gasteiger partial charge in [0.05, 0.1) is 0 Å². The predicted molar refractivity (Wildman–Crippen MR) is 33.3 cm³/mol. The summed E-state index contributed by atoms with van der Waals surface area (Å²) < 4.78 is 0. The zero-order valence-corrected chi connectivity index (χ0v) is 4.48. The lowest BCUT2D eigenvalue weighted by Gasteiger charge is -1.44. The normalized spacial score (nSPS) is 13.1. The van der Waals surface area contributed by atoms with Crippen LogP contribution in [0, 0.1) is 0 Å². The van der Waals surface area contributed by atoms with Crippen molar-refractivity contribution in [1.82, 2.24) is 5.32 Å². The van der Waals surface area contributed by atoms with Gasteiger partial charge in [-0.25, -0.2) is 0 Å². The molecule has 1 aliphatic rings. The van der Waals surface area contributed by atoms with Crippen molar-refractivity contribution in [1.29, 1.82) is 0 Å². The lowest BCUT2D eigenvalue weighted by molar-refractivity contribution is 1.34. The van der Waals surface area contributed by atoms with Gasteiger partial charge >= 0.3 is 0 Å². The molecule has 0 saturated carbocycles. The van der Waals surface area contributed by atoms with Crippen LogP contribution in [0.15, 0.2) is 25.3 Å². The van der Waals surface area contributed by atoms with Crippen LogP contribution in [0.1, 0.15) is 0 Å². The average molecular weight is 97.2 g/mol. The van der Waals surface area contributed by atoms with E-state index in [0.717, 1.165) is 0 Å². The quantitative estimate of drug-likeness (QED) is 0.382. The molecule has 1 aliphatic heterocycles. The molecule has 0 amide bonds. The number of hydrogen-bond acceptors (Lipinski definition) is 1. The van der Waals surface area contributed by atoms with Crippen LogP contribution < -0.4 is 5.32 Å². The molecule has 1 saturated heterocycles. The van der Waals surface area contributed by atoms with Gasteiger partial charge in [-0.1, -0.05) is 25.3 Å². The second-order valence-electron chi connectivity index (χ2n) is 1.22. The Bertz CT molecular complexity index is 46.4. The summed E-state index contributed by atoms with van der Waals surface area (Å²) in [6, 6.07) is 0. The highest BCUT2D eigenvalue weighted by molar-refractivity contribution is 4.88. The fraction of sp³-hybridized carbons (Fsp3) is 0.333. The minimum absolute atomic E-state index is 1.25. The van der Waals surface area contributed by atoms with Crippen LogP contribution in [0.2, 0.25) is 0 Å². The highest BCUT2D eigenvalue weighted by Gasteiger charge is 1.91. The summed E-state index contributed by atoms with van der Waals surface area (Å²) in [5, 5.41) is 3.00. The van der Waals surface area contributed by atoms with Gasteiger partial charge in [0, 0.05) is 13.1 Å². The largest absolute Gasteiger partial charge is 0.314 e. The molecule has 1 fully saturated rings. The van der Waals surface area contributed by atoms with Crippen molar-refractivity contribution in [3.05, 3.63) is 25.3 Å². The molecule has 1 N–H and O–H groups in total. The van der Waals surface area contributed by atoms with E-state index in [1.54, 1.807) is 12.2 Å². The molecule has 7 heavy (non-hydrogen) atoms. The summed E-state index contributed by atoms with van der Waals surface area (Å²) in [5.41, 5.74) is 0. The first kappa shape index (κ1) is 6.44. The first-order valence-corrected chi connectivity index (χ1v) is 2.36. The maximum absolute atomic E-state index is 3.36. The molecule has 1 heterocycles. The Morgan fingerprint density at radius 3 is 1.43 bits per heavy atom. The first-order chi connectivity index (χ1) is 3.41. The lowest BCUT2D eigenvalue weighted by atomic mass is 10.6.